The van der Waals surface area contributed by atoms with Crippen LogP contribution in [0.1, 0.15) is 31.3 Å². The van der Waals surface area contributed by atoms with E-state index >= 15 is 0 Å². The third-order valence-electron chi connectivity index (χ3n) is 4.42. The average Bonchev–Trinajstić information content (AvgIpc) is 3.07. The molecule has 0 aliphatic heterocycles. The summed E-state index contributed by atoms with van der Waals surface area (Å²) in [7, 11) is 1.77. The van der Waals surface area contributed by atoms with Crippen LogP contribution < -0.4 is 10.1 Å². The zero-order chi connectivity index (χ0) is 20.1. The molecule has 1 N–H and O–H groups in total. The van der Waals surface area contributed by atoms with Crippen LogP contribution >= 0.6 is 11.3 Å². The number of rotatable bonds is 6. The third-order valence-corrected chi connectivity index (χ3v) is 5.45. The van der Waals surface area contributed by atoms with E-state index in [-0.39, 0.29) is 11.4 Å². The number of ether oxygens (including phenoxy) is 1. The number of hydrogen-bond acceptors (Lipinski definition) is 4. The zero-order valence-electron chi connectivity index (χ0n) is 16.9. The minimum atomic E-state index is -0.133. The fourth-order valence-electron chi connectivity index (χ4n) is 2.78. The molecule has 148 valence electrons. The van der Waals surface area contributed by atoms with Crippen LogP contribution in [0.4, 0.5) is 4.79 Å². The maximum absolute atomic E-state index is 12.3. The smallest absolute Gasteiger partial charge is 0.317 e. The fraction of sp³-hybridized carbons (Fsp3) is 0.364. The first-order valence-corrected chi connectivity index (χ1v) is 10.2. The van der Waals surface area contributed by atoms with E-state index in [0.29, 0.717) is 19.7 Å². The molecule has 0 aliphatic rings. The number of aromatic nitrogens is 1. The van der Waals surface area contributed by atoms with Gasteiger partial charge in [-0.05, 0) is 35.2 Å². The van der Waals surface area contributed by atoms with Gasteiger partial charge in [-0.1, -0.05) is 45.0 Å². The number of amides is 2. The van der Waals surface area contributed by atoms with Crippen molar-refractivity contribution in [3.63, 3.8) is 0 Å². The van der Waals surface area contributed by atoms with Gasteiger partial charge in [0, 0.05) is 7.05 Å². The van der Waals surface area contributed by atoms with Gasteiger partial charge in [-0.3, -0.25) is 0 Å². The number of carbonyl (C=O) groups is 1. The third kappa shape index (κ3) is 5.23. The normalized spacial score (nSPS) is 11.4. The van der Waals surface area contributed by atoms with Crippen molar-refractivity contribution in [1.29, 1.82) is 0 Å². The highest BCUT2D eigenvalue weighted by Gasteiger charge is 2.13. The topological polar surface area (TPSA) is 54.5 Å². The summed E-state index contributed by atoms with van der Waals surface area (Å²) >= 11 is 1.61. The molecule has 0 bridgehead atoms. The Hall–Kier alpha value is -2.60. The van der Waals surface area contributed by atoms with Crippen molar-refractivity contribution >= 4 is 27.6 Å². The molecule has 0 fully saturated rings. The maximum Gasteiger partial charge on any atom is 0.317 e. The lowest BCUT2D eigenvalue weighted by Gasteiger charge is -2.19. The number of urea groups is 1. The predicted octanol–water partition coefficient (Wildman–Crippen LogP) is 4.81. The lowest BCUT2D eigenvalue weighted by molar-refractivity contribution is 0.203. The summed E-state index contributed by atoms with van der Waals surface area (Å²) in [4.78, 5) is 18.5. The van der Waals surface area contributed by atoms with Crippen molar-refractivity contribution in [2.75, 3.05) is 20.2 Å². The van der Waals surface area contributed by atoms with Crippen LogP contribution in [0.2, 0.25) is 0 Å². The first kappa shape index (κ1) is 20.1. The van der Waals surface area contributed by atoms with E-state index in [4.69, 9.17) is 4.74 Å². The average molecular weight is 398 g/mol. The SMILES string of the molecule is CN(Cc1nc2ccccc2s1)C(=O)NCCOc1ccc(C(C)(C)C)cc1. The van der Waals surface area contributed by atoms with E-state index in [1.165, 1.54) is 5.56 Å². The number of nitrogens with zero attached hydrogens (tertiary/aromatic N) is 2. The molecular formula is C22H27N3O2S. The largest absolute Gasteiger partial charge is 0.492 e. The number of fused-ring (bicyclic) bond motifs is 1. The monoisotopic (exact) mass is 397 g/mol. The summed E-state index contributed by atoms with van der Waals surface area (Å²) in [5.74, 6) is 0.810. The number of carbonyl (C=O) groups excluding carboxylic acids is 1. The van der Waals surface area contributed by atoms with E-state index in [2.05, 4.69) is 43.2 Å². The second-order valence-electron chi connectivity index (χ2n) is 7.79. The van der Waals surface area contributed by atoms with Crippen LogP contribution in [0.5, 0.6) is 5.75 Å². The Balaban J connectivity index is 1.42. The summed E-state index contributed by atoms with van der Waals surface area (Å²) in [5.41, 5.74) is 2.37. The van der Waals surface area contributed by atoms with Crippen molar-refractivity contribution in [3.8, 4) is 5.75 Å². The number of nitrogens with one attached hydrogen (secondary N) is 1. The number of benzene rings is 2. The van der Waals surface area contributed by atoms with Gasteiger partial charge in [0.05, 0.1) is 23.3 Å². The minimum absolute atomic E-state index is 0.125. The molecule has 0 spiro atoms. The summed E-state index contributed by atoms with van der Waals surface area (Å²) < 4.78 is 6.85. The van der Waals surface area contributed by atoms with Gasteiger partial charge in [-0.25, -0.2) is 9.78 Å². The van der Waals surface area contributed by atoms with Gasteiger partial charge in [0.1, 0.15) is 17.4 Å². The molecule has 0 atom stereocenters. The first-order valence-electron chi connectivity index (χ1n) is 9.40. The standard InChI is InChI=1S/C22H27N3O2S/c1-22(2,3)16-9-11-17(12-10-16)27-14-13-23-21(26)25(4)15-20-24-18-7-5-6-8-19(18)28-20/h5-12H,13-15H2,1-4H3,(H,23,26). The fourth-order valence-corrected chi connectivity index (χ4v) is 3.80. The molecule has 3 aromatic rings. The van der Waals surface area contributed by atoms with Gasteiger partial charge >= 0.3 is 6.03 Å². The van der Waals surface area contributed by atoms with Crippen molar-refractivity contribution in [1.82, 2.24) is 15.2 Å². The molecule has 2 aromatic carbocycles. The van der Waals surface area contributed by atoms with Gasteiger partial charge in [0.2, 0.25) is 0 Å². The van der Waals surface area contributed by atoms with Crippen LogP contribution in [0.15, 0.2) is 48.5 Å². The Bertz CT molecular complexity index is 896. The summed E-state index contributed by atoms with van der Waals surface area (Å²) in [6.07, 6.45) is 0. The zero-order valence-corrected chi connectivity index (χ0v) is 17.7. The quantitative estimate of drug-likeness (QED) is 0.607. The van der Waals surface area contributed by atoms with E-state index < -0.39 is 0 Å². The molecule has 0 saturated carbocycles. The number of para-hydroxylation sites is 1. The lowest BCUT2D eigenvalue weighted by Crippen LogP contribution is -2.38. The molecule has 0 unspecified atom stereocenters. The lowest BCUT2D eigenvalue weighted by atomic mass is 9.87. The van der Waals surface area contributed by atoms with E-state index in [1.807, 2.05) is 36.4 Å². The maximum atomic E-state index is 12.3. The minimum Gasteiger partial charge on any atom is -0.492 e. The van der Waals surface area contributed by atoms with Crippen molar-refractivity contribution < 1.29 is 9.53 Å². The molecule has 1 heterocycles. The Morgan fingerprint density at radius 3 is 2.54 bits per heavy atom. The van der Waals surface area contributed by atoms with Gasteiger partial charge in [0.15, 0.2) is 0 Å². The van der Waals surface area contributed by atoms with Crippen LogP contribution in [0.25, 0.3) is 10.2 Å². The van der Waals surface area contributed by atoms with Crippen LogP contribution in [-0.2, 0) is 12.0 Å². The second kappa shape index (κ2) is 8.61. The Morgan fingerprint density at radius 1 is 1.14 bits per heavy atom. The Morgan fingerprint density at radius 2 is 1.86 bits per heavy atom. The van der Waals surface area contributed by atoms with Crippen molar-refractivity contribution in [2.45, 2.75) is 32.7 Å². The first-order chi connectivity index (χ1) is 13.3. The molecule has 28 heavy (non-hydrogen) atoms. The molecule has 2 amide bonds. The molecule has 0 saturated heterocycles. The Kier molecular flexibility index (Phi) is 6.19. The van der Waals surface area contributed by atoms with E-state index in [9.17, 15) is 4.79 Å². The van der Waals surface area contributed by atoms with E-state index in [1.54, 1.807) is 23.3 Å². The van der Waals surface area contributed by atoms with Crippen LogP contribution in [-0.4, -0.2) is 36.1 Å². The molecule has 5 nitrogen and oxygen atoms in total. The predicted molar refractivity (Wildman–Crippen MR) is 115 cm³/mol. The van der Waals surface area contributed by atoms with Crippen molar-refractivity contribution in [3.05, 3.63) is 59.1 Å². The Labute approximate surface area is 170 Å². The van der Waals surface area contributed by atoms with Crippen LogP contribution in [0.3, 0.4) is 0 Å². The molecule has 6 heteroatoms. The molecule has 0 radical (unpaired) electrons. The number of hydrogen-bond donors (Lipinski definition) is 1. The van der Waals surface area contributed by atoms with Gasteiger partial charge in [0.25, 0.3) is 0 Å². The highest BCUT2D eigenvalue weighted by Crippen LogP contribution is 2.24. The van der Waals surface area contributed by atoms with E-state index in [0.717, 1.165) is 21.0 Å². The van der Waals surface area contributed by atoms with Gasteiger partial charge < -0.3 is 15.0 Å². The molecule has 0 aliphatic carbocycles. The highest BCUT2D eigenvalue weighted by atomic mass is 32.1. The number of thiazole rings is 1. The molecule has 1 aromatic heterocycles. The highest BCUT2D eigenvalue weighted by molar-refractivity contribution is 7.18. The summed E-state index contributed by atoms with van der Waals surface area (Å²) in [6, 6.07) is 16.0. The second-order valence-corrected chi connectivity index (χ2v) is 8.90. The molecule has 3 rings (SSSR count). The summed E-state index contributed by atoms with van der Waals surface area (Å²) in [5, 5.41) is 3.81. The van der Waals surface area contributed by atoms with Gasteiger partial charge in [-0.2, -0.15) is 0 Å². The van der Waals surface area contributed by atoms with Crippen molar-refractivity contribution in [2.24, 2.45) is 0 Å². The molecular weight excluding hydrogens is 370 g/mol. The van der Waals surface area contributed by atoms with Crippen LogP contribution in [0, 0.1) is 0 Å². The van der Waals surface area contributed by atoms with Gasteiger partial charge in [-0.15, -0.1) is 11.3 Å². The summed E-state index contributed by atoms with van der Waals surface area (Å²) in [6.45, 7) is 7.91.